The molecule has 0 radical (unpaired) electrons. The Hall–Kier alpha value is -0.950. The van der Waals surface area contributed by atoms with Crippen LogP contribution in [-0.2, 0) is 4.79 Å². The molecule has 16 heavy (non-hydrogen) atoms. The predicted octanol–water partition coefficient (Wildman–Crippen LogP) is -0.373. The third-order valence-electron chi connectivity index (χ3n) is 2.29. The van der Waals surface area contributed by atoms with E-state index in [0.717, 1.165) is 17.9 Å². The zero-order chi connectivity index (χ0) is 12.0. The minimum Gasteiger partial charge on any atom is -0.480 e. The fourth-order valence-electron chi connectivity index (χ4n) is 1.42. The third-order valence-corrected chi connectivity index (χ3v) is 3.45. The molecule has 1 aliphatic heterocycles. The van der Waals surface area contributed by atoms with Gasteiger partial charge in [-0.15, -0.1) is 0 Å². The summed E-state index contributed by atoms with van der Waals surface area (Å²) in [6, 6.07) is -1.39. The third kappa shape index (κ3) is 4.28. The molecule has 0 aromatic rings. The van der Waals surface area contributed by atoms with Gasteiger partial charge in [0.2, 0.25) is 0 Å². The summed E-state index contributed by atoms with van der Waals surface area (Å²) in [5, 5.41) is 22.4. The van der Waals surface area contributed by atoms with Crippen LogP contribution in [0.15, 0.2) is 0 Å². The fourth-order valence-corrected chi connectivity index (χ4v) is 2.57. The van der Waals surface area contributed by atoms with E-state index in [-0.39, 0.29) is 19.1 Å². The van der Waals surface area contributed by atoms with Crippen LogP contribution in [0.2, 0.25) is 0 Å². The highest BCUT2D eigenvalue weighted by atomic mass is 32.2. The van der Waals surface area contributed by atoms with Gasteiger partial charge in [0.05, 0.1) is 0 Å². The van der Waals surface area contributed by atoms with Gasteiger partial charge < -0.3 is 20.8 Å². The average Bonchev–Trinajstić information content (AvgIpc) is 2.69. The Morgan fingerprint density at radius 2 is 2.25 bits per heavy atom. The summed E-state index contributed by atoms with van der Waals surface area (Å²) in [6.45, 7) is -0.267. The lowest BCUT2D eigenvalue weighted by atomic mass is 10.2. The van der Waals surface area contributed by atoms with E-state index in [1.807, 2.05) is 0 Å². The number of carbonyl (C=O) groups excluding carboxylic acids is 1. The van der Waals surface area contributed by atoms with Crippen molar-refractivity contribution in [3.05, 3.63) is 0 Å². The maximum Gasteiger partial charge on any atom is 0.326 e. The molecule has 1 aliphatic rings. The molecule has 1 saturated heterocycles. The molecule has 92 valence electrons. The summed E-state index contributed by atoms with van der Waals surface area (Å²) in [5.41, 5.74) is 0. The van der Waals surface area contributed by atoms with Crippen LogP contribution in [0.3, 0.4) is 0 Å². The van der Waals surface area contributed by atoms with Gasteiger partial charge in [0.15, 0.2) is 0 Å². The number of amides is 2. The van der Waals surface area contributed by atoms with Gasteiger partial charge in [-0.2, -0.15) is 11.8 Å². The zero-order valence-electron chi connectivity index (χ0n) is 8.81. The first kappa shape index (κ1) is 13.1. The maximum atomic E-state index is 11.4. The van der Waals surface area contributed by atoms with Gasteiger partial charge in [0.1, 0.15) is 6.04 Å². The SMILES string of the molecule is O=C(NC1CCSC1)N[C@H](CCO)C(=O)O. The van der Waals surface area contributed by atoms with Crippen LogP contribution in [0, 0.1) is 0 Å². The Bertz CT molecular complexity index is 256. The average molecular weight is 248 g/mol. The molecule has 0 aliphatic carbocycles. The van der Waals surface area contributed by atoms with Crippen molar-refractivity contribution in [2.75, 3.05) is 18.1 Å². The Kier molecular flexibility index (Phi) is 5.41. The van der Waals surface area contributed by atoms with Crippen molar-refractivity contribution < 1.29 is 19.8 Å². The fraction of sp³-hybridized carbons (Fsp3) is 0.778. The molecule has 0 aromatic heterocycles. The lowest BCUT2D eigenvalue weighted by Gasteiger charge is -2.16. The molecular formula is C9H16N2O4S. The molecule has 2 atom stereocenters. The monoisotopic (exact) mass is 248 g/mol. The lowest BCUT2D eigenvalue weighted by Crippen LogP contribution is -2.49. The van der Waals surface area contributed by atoms with E-state index in [2.05, 4.69) is 10.6 Å². The van der Waals surface area contributed by atoms with Gasteiger partial charge in [-0.1, -0.05) is 0 Å². The van der Waals surface area contributed by atoms with E-state index in [1.165, 1.54) is 0 Å². The van der Waals surface area contributed by atoms with E-state index in [9.17, 15) is 9.59 Å². The highest BCUT2D eigenvalue weighted by molar-refractivity contribution is 7.99. The van der Waals surface area contributed by atoms with Gasteiger partial charge in [0, 0.05) is 24.8 Å². The van der Waals surface area contributed by atoms with Crippen LogP contribution in [0.25, 0.3) is 0 Å². The Morgan fingerprint density at radius 1 is 1.50 bits per heavy atom. The van der Waals surface area contributed by atoms with Crippen molar-refractivity contribution in [3.63, 3.8) is 0 Å². The van der Waals surface area contributed by atoms with Crippen molar-refractivity contribution in [2.24, 2.45) is 0 Å². The Labute approximate surface area is 97.8 Å². The molecule has 1 unspecified atom stereocenters. The van der Waals surface area contributed by atoms with E-state index in [0.29, 0.717) is 0 Å². The van der Waals surface area contributed by atoms with Crippen molar-refractivity contribution in [1.82, 2.24) is 10.6 Å². The van der Waals surface area contributed by atoms with Crippen LogP contribution in [0.1, 0.15) is 12.8 Å². The first-order valence-corrected chi connectivity index (χ1v) is 6.27. The largest absolute Gasteiger partial charge is 0.480 e. The topological polar surface area (TPSA) is 98.7 Å². The summed E-state index contributed by atoms with van der Waals surface area (Å²) < 4.78 is 0. The number of nitrogens with one attached hydrogen (secondary N) is 2. The van der Waals surface area contributed by atoms with Crippen molar-refractivity contribution >= 4 is 23.8 Å². The molecule has 0 aromatic carbocycles. The second-order valence-corrected chi connectivity index (χ2v) is 4.73. The van der Waals surface area contributed by atoms with Crippen molar-refractivity contribution in [3.8, 4) is 0 Å². The summed E-state index contributed by atoms with van der Waals surface area (Å²) in [6.07, 6.45) is 0.929. The predicted molar refractivity (Wildman–Crippen MR) is 60.5 cm³/mol. The van der Waals surface area contributed by atoms with E-state index in [1.54, 1.807) is 11.8 Å². The highest BCUT2D eigenvalue weighted by Gasteiger charge is 2.22. The second-order valence-electron chi connectivity index (χ2n) is 3.58. The number of hydrogen-bond donors (Lipinski definition) is 4. The minimum absolute atomic E-state index is 0.0160. The Morgan fingerprint density at radius 3 is 2.75 bits per heavy atom. The molecule has 1 rings (SSSR count). The van der Waals surface area contributed by atoms with E-state index < -0.39 is 18.0 Å². The number of carboxylic acids is 1. The van der Waals surface area contributed by atoms with Gasteiger partial charge in [-0.3, -0.25) is 0 Å². The van der Waals surface area contributed by atoms with Crippen LogP contribution >= 0.6 is 11.8 Å². The van der Waals surface area contributed by atoms with Gasteiger partial charge in [-0.25, -0.2) is 9.59 Å². The number of aliphatic hydroxyl groups is 1. The zero-order valence-corrected chi connectivity index (χ0v) is 9.63. The van der Waals surface area contributed by atoms with Gasteiger partial charge in [-0.05, 0) is 12.2 Å². The summed E-state index contributed by atoms with van der Waals surface area (Å²) in [4.78, 5) is 22.1. The summed E-state index contributed by atoms with van der Waals surface area (Å²) in [7, 11) is 0. The van der Waals surface area contributed by atoms with Crippen molar-refractivity contribution in [2.45, 2.75) is 24.9 Å². The molecule has 4 N–H and O–H groups in total. The molecule has 7 heteroatoms. The standard InChI is InChI=1S/C9H16N2O4S/c12-3-1-7(8(13)14)11-9(15)10-6-2-4-16-5-6/h6-7,12H,1-5H2,(H,13,14)(H2,10,11,15)/t6?,7-/m1/s1. The molecule has 2 amide bonds. The van der Waals surface area contributed by atoms with Crippen LogP contribution in [0.5, 0.6) is 0 Å². The molecule has 0 spiro atoms. The lowest BCUT2D eigenvalue weighted by molar-refractivity contribution is -0.139. The number of rotatable bonds is 5. The molecule has 0 bridgehead atoms. The highest BCUT2D eigenvalue weighted by Crippen LogP contribution is 2.16. The molecule has 1 fully saturated rings. The van der Waals surface area contributed by atoms with Crippen molar-refractivity contribution in [1.29, 1.82) is 0 Å². The van der Waals surface area contributed by atoms with E-state index >= 15 is 0 Å². The number of carboxylic acid groups (broad SMARTS) is 1. The number of thioether (sulfide) groups is 1. The normalized spacial score (nSPS) is 21.4. The first-order chi connectivity index (χ1) is 7.63. The Balaban J connectivity index is 2.32. The van der Waals surface area contributed by atoms with Gasteiger partial charge >= 0.3 is 12.0 Å². The number of aliphatic carboxylic acids is 1. The molecule has 6 nitrogen and oxygen atoms in total. The number of aliphatic hydroxyl groups excluding tert-OH is 1. The van der Waals surface area contributed by atoms with Crippen LogP contribution in [0.4, 0.5) is 4.79 Å². The molecule has 0 saturated carbocycles. The first-order valence-electron chi connectivity index (χ1n) is 5.12. The minimum atomic E-state index is -1.13. The quantitative estimate of drug-likeness (QED) is 0.532. The number of hydrogen-bond acceptors (Lipinski definition) is 4. The van der Waals surface area contributed by atoms with E-state index in [4.69, 9.17) is 10.2 Å². The summed E-state index contributed by atoms with van der Waals surface area (Å²) in [5.74, 6) is 0.750. The van der Waals surface area contributed by atoms with Gasteiger partial charge in [0.25, 0.3) is 0 Å². The molecular weight excluding hydrogens is 232 g/mol. The maximum absolute atomic E-state index is 11.4. The number of urea groups is 1. The second kappa shape index (κ2) is 6.59. The summed E-state index contributed by atoms with van der Waals surface area (Å²) >= 11 is 1.76. The van der Waals surface area contributed by atoms with Crippen LogP contribution < -0.4 is 10.6 Å². The number of carbonyl (C=O) groups is 2. The van der Waals surface area contributed by atoms with Crippen LogP contribution in [-0.4, -0.2) is 52.4 Å². The smallest absolute Gasteiger partial charge is 0.326 e. The molecule has 1 heterocycles.